The molecule has 1 nitrogen and oxygen atoms in total. The van der Waals surface area contributed by atoms with Crippen LogP contribution < -0.4 is 0 Å². The van der Waals surface area contributed by atoms with Crippen molar-refractivity contribution in [3.63, 3.8) is 0 Å². The number of hydrogen-bond acceptors (Lipinski definition) is 1. The SMILES string of the molecule is Cc1ccc(-c2ccc(-c3ccc(C#N)cc3)c(I)c2)cc1. The number of benzene rings is 3. The molecule has 0 saturated carbocycles. The van der Waals surface area contributed by atoms with Crippen molar-refractivity contribution in [3.8, 4) is 28.3 Å². The van der Waals surface area contributed by atoms with E-state index in [2.05, 4.69) is 78.0 Å². The molecule has 0 amide bonds. The first-order valence-electron chi connectivity index (χ1n) is 7.04. The van der Waals surface area contributed by atoms with Gasteiger partial charge in [0.25, 0.3) is 0 Å². The first kappa shape index (κ1) is 14.8. The highest BCUT2D eigenvalue weighted by Gasteiger charge is 2.06. The van der Waals surface area contributed by atoms with Crippen LogP contribution >= 0.6 is 22.6 Å². The Morgan fingerprint density at radius 1 is 0.773 bits per heavy atom. The molecule has 2 heteroatoms. The maximum atomic E-state index is 8.88. The lowest BCUT2D eigenvalue weighted by molar-refractivity contribution is 1.46. The van der Waals surface area contributed by atoms with Gasteiger partial charge in [-0.15, -0.1) is 0 Å². The second-order valence-corrected chi connectivity index (χ2v) is 6.41. The Morgan fingerprint density at radius 2 is 1.36 bits per heavy atom. The summed E-state index contributed by atoms with van der Waals surface area (Å²) in [5, 5.41) is 8.88. The Balaban J connectivity index is 1.98. The lowest BCUT2D eigenvalue weighted by atomic mass is 9.99. The molecule has 0 bridgehead atoms. The zero-order valence-electron chi connectivity index (χ0n) is 12.2. The predicted octanol–water partition coefficient (Wildman–Crippen LogP) is 5.81. The molecule has 0 aromatic heterocycles. The molecule has 0 unspecified atom stereocenters. The highest BCUT2D eigenvalue weighted by molar-refractivity contribution is 14.1. The first-order chi connectivity index (χ1) is 10.7. The molecule has 0 spiro atoms. The second kappa shape index (κ2) is 6.33. The van der Waals surface area contributed by atoms with Crippen molar-refractivity contribution in [2.24, 2.45) is 0 Å². The molecular weight excluding hydrogens is 381 g/mol. The van der Waals surface area contributed by atoms with Gasteiger partial charge in [0.2, 0.25) is 0 Å². The molecule has 0 aliphatic rings. The highest BCUT2D eigenvalue weighted by Crippen LogP contribution is 2.30. The van der Waals surface area contributed by atoms with Crippen LogP contribution in [0.1, 0.15) is 11.1 Å². The van der Waals surface area contributed by atoms with E-state index in [4.69, 9.17) is 5.26 Å². The maximum Gasteiger partial charge on any atom is 0.0991 e. The first-order valence-corrected chi connectivity index (χ1v) is 8.12. The van der Waals surface area contributed by atoms with Gasteiger partial charge in [-0.1, -0.05) is 54.1 Å². The molecule has 0 radical (unpaired) electrons. The van der Waals surface area contributed by atoms with Crippen molar-refractivity contribution in [2.45, 2.75) is 6.92 Å². The summed E-state index contributed by atoms with van der Waals surface area (Å²) in [7, 11) is 0. The third kappa shape index (κ3) is 3.05. The van der Waals surface area contributed by atoms with E-state index in [0.717, 1.165) is 5.56 Å². The monoisotopic (exact) mass is 395 g/mol. The Labute approximate surface area is 144 Å². The average molecular weight is 395 g/mol. The predicted molar refractivity (Wildman–Crippen MR) is 99.5 cm³/mol. The minimum absolute atomic E-state index is 0.690. The number of rotatable bonds is 2. The van der Waals surface area contributed by atoms with Gasteiger partial charge in [0, 0.05) is 3.57 Å². The van der Waals surface area contributed by atoms with Crippen LogP contribution in [-0.2, 0) is 0 Å². The van der Waals surface area contributed by atoms with Crippen LogP contribution in [0, 0.1) is 21.8 Å². The van der Waals surface area contributed by atoms with Gasteiger partial charge in [-0.2, -0.15) is 5.26 Å². The number of aryl methyl sites for hydroxylation is 1. The zero-order chi connectivity index (χ0) is 15.5. The van der Waals surface area contributed by atoms with Gasteiger partial charge < -0.3 is 0 Å². The minimum atomic E-state index is 0.690. The molecule has 3 aromatic rings. The Bertz CT molecular complexity index is 840. The van der Waals surface area contributed by atoms with Gasteiger partial charge in [-0.3, -0.25) is 0 Å². The van der Waals surface area contributed by atoms with Crippen molar-refractivity contribution >= 4 is 22.6 Å². The van der Waals surface area contributed by atoms with Crippen LogP contribution in [0.3, 0.4) is 0 Å². The fourth-order valence-electron chi connectivity index (χ4n) is 2.40. The van der Waals surface area contributed by atoms with E-state index in [1.165, 1.54) is 25.8 Å². The summed E-state index contributed by atoms with van der Waals surface area (Å²) in [4.78, 5) is 0. The normalized spacial score (nSPS) is 10.2. The lowest BCUT2D eigenvalue weighted by Crippen LogP contribution is -1.86. The van der Waals surface area contributed by atoms with Crippen LogP contribution in [0.15, 0.2) is 66.7 Å². The number of nitriles is 1. The second-order valence-electron chi connectivity index (χ2n) is 5.25. The average Bonchev–Trinajstić information content (AvgIpc) is 2.56. The molecule has 0 N–H and O–H groups in total. The van der Waals surface area contributed by atoms with E-state index in [1.54, 1.807) is 0 Å². The molecule has 106 valence electrons. The fourth-order valence-corrected chi connectivity index (χ4v) is 3.23. The van der Waals surface area contributed by atoms with Gasteiger partial charge in [-0.25, -0.2) is 0 Å². The lowest BCUT2D eigenvalue weighted by Gasteiger charge is -2.09. The molecule has 0 atom stereocenters. The van der Waals surface area contributed by atoms with E-state index in [9.17, 15) is 0 Å². The third-order valence-electron chi connectivity index (χ3n) is 3.68. The molecule has 0 aliphatic carbocycles. The summed E-state index contributed by atoms with van der Waals surface area (Å²) in [5.41, 5.74) is 6.75. The van der Waals surface area contributed by atoms with Gasteiger partial charge in [-0.05, 0) is 70.0 Å². The van der Waals surface area contributed by atoms with Crippen LogP contribution in [0.4, 0.5) is 0 Å². The smallest absolute Gasteiger partial charge is 0.0991 e. The van der Waals surface area contributed by atoms with Crippen molar-refractivity contribution in [1.82, 2.24) is 0 Å². The van der Waals surface area contributed by atoms with Gasteiger partial charge in [0.05, 0.1) is 11.6 Å². The summed E-state index contributed by atoms with van der Waals surface area (Å²) in [6, 6.07) is 25.0. The minimum Gasteiger partial charge on any atom is -0.192 e. The number of hydrogen-bond donors (Lipinski definition) is 0. The van der Waals surface area contributed by atoms with Gasteiger partial charge in [0.1, 0.15) is 0 Å². The highest BCUT2D eigenvalue weighted by atomic mass is 127. The molecule has 0 aliphatic heterocycles. The Hall–Kier alpha value is -2.12. The number of halogens is 1. The maximum absolute atomic E-state index is 8.88. The molecule has 3 aromatic carbocycles. The van der Waals surface area contributed by atoms with Crippen LogP contribution in [0.2, 0.25) is 0 Å². The van der Waals surface area contributed by atoms with Gasteiger partial charge >= 0.3 is 0 Å². The van der Waals surface area contributed by atoms with Crippen LogP contribution in [0.5, 0.6) is 0 Å². The standard InChI is InChI=1S/C20H14IN/c1-14-2-6-16(7-3-14)18-10-11-19(20(21)12-18)17-8-4-15(13-22)5-9-17/h2-12H,1H3. The van der Waals surface area contributed by atoms with E-state index in [1.807, 2.05) is 24.3 Å². The Morgan fingerprint density at radius 3 is 1.95 bits per heavy atom. The molecule has 3 rings (SSSR count). The molecule has 0 heterocycles. The largest absolute Gasteiger partial charge is 0.192 e. The van der Waals surface area contributed by atoms with Crippen LogP contribution in [-0.4, -0.2) is 0 Å². The zero-order valence-corrected chi connectivity index (χ0v) is 14.3. The number of nitrogens with zero attached hydrogens (tertiary/aromatic N) is 1. The summed E-state index contributed by atoms with van der Waals surface area (Å²) in [6.07, 6.45) is 0. The molecule has 0 saturated heterocycles. The van der Waals surface area contributed by atoms with Crippen molar-refractivity contribution in [3.05, 3.63) is 81.4 Å². The van der Waals surface area contributed by atoms with Gasteiger partial charge in [0.15, 0.2) is 0 Å². The molecular formula is C20H14IN. The van der Waals surface area contributed by atoms with Crippen molar-refractivity contribution in [2.75, 3.05) is 0 Å². The fraction of sp³-hybridized carbons (Fsp3) is 0.0500. The summed E-state index contributed by atoms with van der Waals surface area (Å²) in [6.45, 7) is 2.10. The molecule has 0 fully saturated rings. The van der Waals surface area contributed by atoms with E-state index in [0.29, 0.717) is 5.56 Å². The van der Waals surface area contributed by atoms with Crippen LogP contribution in [0.25, 0.3) is 22.3 Å². The quantitative estimate of drug-likeness (QED) is 0.503. The summed E-state index contributed by atoms with van der Waals surface area (Å²) >= 11 is 2.38. The van der Waals surface area contributed by atoms with Crippen molar-refractivity contribution < 1.29 is 0 Å². The Kier molecular flexibility index (Phi) is 4.26. The summed E-state index contributed by atoms with van der Waals surface area (Å²) < 4.78 is 1.21. The summed E-state index contributed by atoms with van der Waals surface area (Å²) in [5.74, 6) is 0. The molecule has 22 heavy (non-hydrogen) atoms. The van der Waals surface area contributed by atoms with Crippen molar-refractivity contribution in [1.29, 1.82) is 5.26 Å². The van der Waals surface area contributed by atoms with E-state index in [-0.39, 0.29) is 0 Å². The third-order valence-corrected chi connectivity index (χ3v) is 4.57. The van der Waals surface area contributed by atoms with E-state index < -0.39 is 0 Å². The topological polar surface area (TPSA) is 23.8 Å². The van der Waals surface area contributed by atoms with E-state index >= 15 is 0 Å².